The van der Waals surface area contributed by atoms with Crippen molar-refractivity contribution in [3.63, 3.8) is 0 Å². The first-order valence-electron chi connectivity index (χ1n) is 8.36. The van der Waals surface area contributed by atoms with E-state index in [2.05, 4.69) is 10.3 Å². The molecule has 1 N–H and O–H groups in total. The summed E-state index contributed by atoms with van der Waals surface area (Å²) in [7, 11) is -0.173. The van der Waals surface area contributed by atoms with Gasteiger partial charge in [-0.1, -0.05) is 0 Å². The van der Waals surface area contributed by atoms with Gasteiger partial charge in [0.15, 0.2) is 0 Å². The van der Waals surface area contributed by atoms with E-state index in [-0.39, 0.29) is 29.3 Å². The van der Waals surface area contributed by atoms with E-state index in [0.717, 1.165) is 0 Å². The molecule has 1 aliphatic heterocycles. The van der Waals surface area contributed by atoms with Crippen LogP contribution in [0.1, 0.15) is 18.8 Å². The van der Waals surface area contributed by atoms with Crippen LogP contribution >= 0.6 is 12.4 Å². The molecule has 27 heavy (non-hydrogen) atoms. The molecule has 2 heterocycles. The summed E-state index contributed by atoms with van der Waals surface area (Å²) in [6.45, 7) is 2.93. The maximum absolute atomic E-state index is 13.2. The predicted molar refractivity (Wildman–Crippen MR) is 105 cm³/mol. The van der Waals surface area contributed by atoms with Crippen LogP contribution in [0.3, 0.4) is 0 Å². The maximum Gasteiger partial charge on any atom is 0.243 e. The van der Waals surface area contributed by atoms with Crippen molar-refractivity contribution >= 4 is 34.0 Å². The Morgan fingerprint density at radius 1 is 1.30 bits per heavy atom. The van der Waals surface area contributed by atoms with Crippen LogP contribution in [-0.4, -0.2) is 54.9 Å². The molecule has 0 bridgehead atoms. The highest BCUT2D eigenvalue weighted by Crippen LogP contribution is 2.28. The zero-order valence-corrected chi connectivity index (χ0v) is 17.1. The fourth-order valence-electron chi connectivity index (χ4n) is 3.05. The van der Waals surface area contributed by atoms with Gasteiger partial charge in [-0.05, 0) is 24.3 Å². The molecule has 0 aliphatic carbocycles. The van der Waals surface area contributed by atoms with Crippen molar-refractivity contribution in [3.8, 4) is 0 Å². The Kier molecular flexibility index (Phi) is 6.63. The summed E-state index contributed by atoms with van der Waals surface area (Å²) < 4.78 is 29.7. The molecule has 1 fully saturated rings. The molecule has 1 saturated heterocycles. The fraction of sp³-hybridized carbons (Fsp3) is 0.412. The average Bonchev–Trinajstić information content (AvgIpc) is 3.07. The van der Waals surface area contributed by atoms with Crippen LogP contribution < -0.4 is 10.2 Å². The molecule has 0 saturated carbocycles. The topological polar surface area (TPSA) is 87.5 Å². The molecule has 1 aromatic heterocycles. The van der Waals surface area contributed by atoms with Crippen LogP contribution in [-0.2, 0) is 21.9 Å². The van der Waals surface area contributed by atoms with Gasteiger partial charge in [-0.2, -0.15) is 4.31 Å². The molecule has 1 aromatic carbocycles. The number of carbonyl (C=O) groups excluding carboxylic acids is 1. The van der Waals surface area contributed by atoms with Crippen molar-refractivity contribution in [2.75, 3.05) is 31.6 Å². The molecule has 0 radical (unpaired) electrons. The number of rotatable bonds is 4. The number of amides is 1. The quantitative estimate of drug-likeness (QED) is 0.812. The molecule has 10 heteroatoms. The molecule has 148 valence electrons. The summed E-state index contributed by atoms with van der Waals surface area (Å²) >= 11 is 0. The van der Waals surface area contributed by atoms with Crippen LogP contribution in [0.25, 0.3) is 0 Å². The number of benzene rings is 1. The molecule has 1 unspecified atom stereocenters. The molecule has 8 nitrogen and oxygen atoms in total. The van der Waals surface area contributed by atoms with Crippen molar-refractivity contribution in [2.24, 2.45) is 7.05 Å². The largest absolute Gasteiger partial charge is 0.337 e. The first-order valence-corrected chi connectivity index (χ1v) is 9.80. The van der Waals surface area contributed by atoms with Crippen LogP contribution in [0.4, 0.5) is 5.69 Å². The Hall–Kier alpha value is -1.94. The molecule has 1 aliphatic rings. The summed E-state index contributed by atoms with van der Waals surface area (Å²) in [5, 5.41) is 3.24. The third-order valence-electron chi connectivity index (χ3n) is 4.65. The van der Waals surface area contributed by atoms with Gasteiger partial charge in [-0.15, -0.1) is 12.4 Å². The second kappa shape index (κ2) is 8.39. The highest BCUT2D eigenvalue weighted by molar-refractivity contribution is 7.89. The van der Waals surface area contributed by atoms with Crippen molar-refractivity contribution < 1.29 is 13.2 Å². The third-order valence-corrected chi connectivity index (χ3v) is 6.58. The Bertz CT molecular complexity index is 898. The van der Waals surface area contributed by atoms with E-state index >= 15 is 0 Å². The lowest BCUT2D eigenvalue weighted by Gasteiger charge is -2.34. The van der Waals surface area contributed by atoms with Crippen molar-refractivity contribution in [1.29, 1.82) is 0 Å². The molecule has 2 aromatic rings. The molecule has 0 spiro atoms. The van der Waals surface area contributed by atoms with Gasteiger partial charge >= 0.3 is 0 Å². The van der Waals surface area contributed by atoms with E-state index in [1.165, 1.54) is 16.1 Å². The average molecular weight is 414 g/mol. The number of aryl methyl sites for hydroxylation is 1. The van der Waals surface area contributed by atoms with Crippen LogP contribution in [0, 0.1) is 0 Å². The van der Waals surface area contributed by atoms with Gasteiger partial charge in [-0.3, -0.25) is 4.79 Å². The monoisotopic (exact) mass is 413 g/mol. The fourth-order valence-corrected chi connectivity index (χ4v) is 4.64. The van der Waals surface area contributed by atoms with Gasteiger partial charge in [0.1, 0.15) is 5.82 Å². The lowest BCUT2D eigenvalue weighted by Crippen LogP contribution is -2.49. The van der Waals surface area contributed by atoms with E-state index in [9.17, 15) is 13.2 Å². The number of nitrogens with one attached hydrogen (secondary N) is 1. The Labute approximate surface area is 165 Å². The lowest BCUT2D eigenvalue weighted by molar-refractivity contribution is -0.116. The van der Waals surface area contributed by atoms with Crippen LogP contribution in [0.2, 0.25) is 0 Å². The minimum Gasteiger partial charge on any atom is -0.337 e. The van der Waals surface area contributed by atoms with Crippen molar-refractivity contribution in [1.82, 2.24) is 19.2 Å². The molecular formula is C17H24ClN5O3S. The van der Waals surface area contributed by atoms with Crippen LogP contribution in [0.5, 0.6) is 0 Å². The van der Waals surface area contributed by atoms with Gasteiger partial charge in [-0.25, -0.2) is 13.4 Å². The first-order chi connectivity index (χ1) is 12.3. The number of aromatic nitrogens is 2. The number of imidazole rings is 1. The van der Waals surface area contributed by atoms with Crippen molar-refractivity contribution in [2.45, 2.75) is 17.9 Å². The summed E-state index contributed by atoms with van der Waals surface area (Å²) in [4.78, 5) is 17.5. The first kappa shape index (κ1) is 21.4. The Morgan fingerprint density at radius 3 is 2.52 bits per heavy atom. The minimum absolute atomic E-state index is 0. The number of nitrogens with zero attached hydrogens (tertiary/aromatic N) is 4. The second-order valence-electron chi connectivity index (χ2n) is 6.30. The highest BCUT2D eigenvalue weighted by atomic mass is 35.5. The molecule has 1 amide bonds. The Balaban J connectivity index is 0.00000261. The van der Waals surface area contributed by atoms with E-state index in [1.807, 2.05) is 11.6 Å². The standard InChI is InChI=1S/C17H23N5O3S.ClH/c1-13(23)21(3)14-4-6-15(7-5-14)26(24,25)22-11-8-18-12-16(22)17-19-9-10-20(17)2;/h4-7,9-10,16,18H,8,11-12H2,1-3H3;1H. The smallest absolute Gasteiger partial charge is 0.243 e. The lowest BCUT2D eigenvalue weighted by atomic mass is 10.2. The molecule has 3 rings (SSSR count). The van der Waals surface area contributed by atoms with Gasteiger partial charge in [0.2, 0.25) is 15.9 Å². The number of hydrogen-bond acceptors (Lipinski definition) is 5. The number of anilines is 1. The number of piperazine rings is 1. The van der Waals surface area contributed by atoms with E-state index < -0.39 is 10.0 Å². The number of hydrogen-bond donors (Lipinski definition) is 1. The van der Waals surface area contributed by atoms with Crippen LogP contribution in [0.15, 0.2) is 41.6 Å². The minimum atomic E-state index is -3.68. The van der Waals surface area contributed by atoms with Gasteiger partial charge in [0.25, 0.3) is 0 Å². The SMILES string of the molecule is CC(=O)N(C)c1ccc(S(=O)(=O)N2CCNCC2c2nccn2C)cc1.Cl. The van der Waals surface area contributed by atoms with E-state index in [0.29, 0.717) is 31.1 Å². The molecule has 1 atom stereocenters. The van der Waals surface area contributed by atoms with E-state index in [1.54, 1.807) is 43.7 Å². The number of sulfonamides is 1. The van der Waals surface area contributed by atoms with Gasteiger partial charge in [0, 0.05) is 58.7 Å². The molecular weight excluding hydrogens is 390 g/mol. The van der Waals surface area contributed by atoms with E-state index in [4.69, 9.17) is 0 Å². The van der Waals surface area contributed by atoms with Crippen molar-refractivity contribution in [3.05, 3.63) is 42.5 Å². The number of halogens is 1. The zero-order valence-electron chi connectivity index (χ0n) is 15.5. The zero-order chi connectivity index (χ0) is 18.9. The summed E-state index contributed by atoms with van der Waals surface area (Å²) in [5.74, 6) is 0.589. The highest BCUT2D eigenvalue weighted by Gasteiger charge is 2.36. The maximum atomic E-state index is 13.2. The summed E-state index contributed by atoms with van der Waals surface area (Å²) in [5.41, 5.74) is 0.650. The van der Waals surface area contributed by atoms with Gasteiger partial charge in [0.05, 0.1) is 10.9 Å². The summed E-state index contributed by atoms with van der Waals surface area (Å²) in [6, 6.07) is 6.01. The second-order valence-corrected chi connectivity index (χ2v) is 8.19. The Morgan fingerprint density at radius 2 is 1.96 bits per heavy atom. The van der Waals surface area contributed by atoms with Gasteiger partial charge < -0.3 is 14.8 Å². The summed E-state index contributed by atoms with van der Waals surface area (Å²) in [6.07, 6.45) is 3.47. The number of carbonyl (C=O) groups is 1. The third kappa shape index (κ3) is 4.16. The predicted octanol–water partition coefficient (Wildman–Crippen LogP) is 1.16. The normalized spacial score (nSPS) is 18.0.